The number of hydrogen-bond acceptors (Lipinski definition) is 4. The Hall–Kier alpha value is -2.14. The van der Waals surface area contributed by atoms with Gasteiger partial charge in [0.25, 0.3) is 5.91 Å². The minimum Gasteiger partial charge on any atom is -0.465 e. The molecule has 4 nitrogen and oxygen atoms in total. The summed E-state index contributed by atoms with van der Waals surface area (Å²) in [7, 11) is 1.33. The number of anilines is 1. The molecule has 0 unspecified atom stereocenters. The van der Waals surface area contributed by atoms with E-state index in [4.69, 9.17) is 4.74 Å². The molecular weight excluding hydrogens is 310 g/mol. The highest BCUT2D eigenvalue weighted by molar-refractivity contribution is 7.12. The molecule has 1 aromatic heterocycles. The van der Waals surface area contributed by atoms with Gasteiger partial charge in [-0.25, -0.2) is 4.79 Å². The van der Waals surface area contributed by atoms with Crippen LogP contribution in [0.4, 0.5) is 5.69 Å². The van der Waals surface area contributed by atoms with E-state index in [0.29, 0.717) is 16.1 Å². The molecule has 0 radical (unpaired) electrons. The van der Waals surface area contributed by atoms with Crippen LogP contribution in [0.25, 0.3) is 0 Å². The average Bonchev–Trinajstić information content (AvgIpc) is 2.87. The number of carbonyl (C=O) groups is 2. The van der Waals surface area contributed by atoms with Gasteiger partial charge in [-0.3, -0.25) is 4.79 Å². The Morgan fingerprint density at radius 3 is 2.26 bits per heavy atom. The molecule has 23 heavy (non-hydrogen) atoms. The van der Waals surface area contributed by atoms with Crippen LogP contribution >= 0.6 is 11.3 Å². The zero-order valence-electron chi connectivity index (χ0n) is 14.0. The summed E-state index contributed by atoms with van der Waals surface area (Å²) in [5, 5.41) is 4.64. The van der Waals surface area contributed by atoms with Gasteiger partial charge in [-0.05, 0) is 41.0 Å². The lowest BCUT2D eigenvalue weighted by Gasteiger charge is -2.19. The highest BCUT2D eigenvalue weighted by atomic mass is 32.1. The van der Waals surface area contributed by atoms with Crippen LogP contribution in [-0.2, 0) is 10.2 Å². The third kappa shape index (κ3) is 3.79. The van der Waals surface area contributed by atoms with Gasteiger partial charge in [0, 0.05) is 5.56 Å². The fraction of sp³-hybridized carbons (Fsp3) is 0.333. The molecule has 2 rings (SSSR count). The first-order chi connectivity index (χ1) is 10.7. The number of amides is 1. The Morgan fingerprint density at radius 1 is 1.13 bits per heavy atom. The third-order valence-corrected chi connectivity index (χ3v) is 4.68. The van der Waals surface area contributed by atoms with Crippen molar-refractivity contribution in [3.63, 3.8) is 0 Å². The second-order valence-electron chi connectivity index (χ2n) is 6.40. The summed E-state index contributed by atoms with van der Waals surface area (Å²) >= 11 is 1.26. The van der Waals surface area contributed by atoms with Crippen molar-refractivity contribution >= 4 is 28.9 Å². The number of rotatable bonds is 3. The van der Waals surface area contributed by atoms with Gasteiger partial charge in [-0.2, -0.15) is 0 Å². The quantitative estimate of drug-likeness (QED) is 0.849. The van der Waals surface area contributed by atoms with Gasteiger partial charge in [-0.15, -0.1) is 11.3 Å². The largest absolute Gasteiger partial charge is 0.465 e. The topological polar surface area (TPSA) is 55.4 Å². The molecule has 0 saturated heterocycles. The number of carbonyl (C=O) groups excluding carboxylic acids is 2. The molecule has 122 valence electrons. The van der Waals surface area contributed by atoms with Gasteiger partial charge in [0.2, 0.25) is 0 Å². The molecule has 0 aliphatic heterocycles. The smallest absolute Gasteiger partial charge is 0.350 e. The first kappa shape index (κ1) is 17.2. The zero-order valence-corrected chi connectivity index (χ0v) is 14.8. The molecule has 1 heterocycles. The Labute approximate surface area is 140 Å². The first-order valence-electron chi connectivity index (χ1n) is 7.32. The van der Waals surface area contributed by atoms with Crippen LogP contribution in [0.5, 0.6) is 0 Å². The first-order valence-corrected chi connectivity index (χ1v) is 8.20. The second-order valence-corrected chi connectivity index (χ2v) is 7.28. The molecule has 0 saturated carbocycles. The van der Waals surface area contributed by atoms with Crippen molar-refractivity contribution in [1.82, 2.24) is 0 Å². The van der Waals surface area contributed by atoms with Crippen molar-refractivity contribution in [1.29, 1.82) is 0 Å². The van der Waals surface area contributed by atoms with Crippen LogP contribution in [0.3, 0.4) is 0 Å². The molecule has 0 fully saturated rings. The number of thiophene rings is 1. The van der Waals surface area contributed by atoms with Crippen LogP contribution in [0.15, 0.2) is 29.6 Å². The monoisotopic (exact) mass is 331 g/mol. The number of nitrogens with one attached hydrogen (secondary N) is 1. The van der Waals surface area contributed by atoms with E-state index in [1.807, 2.05) is 24.4 Å². The van der Waals surface area contributed by atoms with Crippen LogP contribution in [0, 0.1) is 6.92 Å². The fourth-order valence-corrected chi connectivity index (χ4v) is 3.07. The SMILES string of the molecule is COC(=O)c1scc(C)c1NC(=O)c1ccc(C(C)(C)C)cc1. The van der Waals surface area contributed by atoms with Crippen molar-refractivity contribution in [2.75, 3.05) is 12.4 Å². The second kappa shape index (κ2) is 6.54. The van der Waals surface area contributed by atoms with Crippen molar-refractivity contribution in [2.24, 2.45) is 0 Å². The summed E-state index contributed by atoms with van der Waals surface area (Å²) in [6.45, 7) is 8.22. The van der Waals surface area contributed by atoms with Gasteiger partial charge >= 0.3 is 5.97 Å². The van der Waals surface area contributed by atoms with E-state index in [-0.39, 0.29) is 11.3 Å². The van der Waals surface area contributed by atoms with Crippen molar-refractivity contribution < 1.29 is 14.3 Å². The Bertz CT molecular complexity index is 724. The molecule has 0 bridgehead atoms. The number of hydrogen-bond donors (Lipinski definition) is 1. The van der Waals surface area contributed by atoms with Gasteiger partial charge < -0.3 is 10.1 Å². The maximum Gasteiger partial charge on any atom is 0.350 e. The van der Waals surface area contributed by atoms with E-state index in [2.05, 4.69) is 26.1 Å². The summed E-state index contributed by atoms with van der Waals surface area (Å²) in [6, 6.07) is 7.51. The Kier molecular flexibility index (Phi) is 4.90. The van der Waals surface area contributed by atoms with Crippen LogP contribution < -0.4 is 5.32 Å². The Balaban J connectivity index is 2.23. The van der Waals surface area contributed by atoms with E-state index in [0.717, 1.165) is 11.1 Å². The highest BCUT2D eigenvalue weighted by Crippen LogP contribution is 2.29. The van der Waals surface area contributed by atoms with Gasteiger partial charge in [0.05, 0.1) is 12.8 Å². The molecule has 2 aromatic rings. The number of ether oxygens (including phenoxy) is 1. The lowest BCUT2D eigenvalue weighted by Crippen LogP contribution is -2.16. The number of methoxy groups -OCH3 is 1. The molecule has 1 amide bonds. The lowest BCUT2D eigenvalue weighted by molar-refractivity contribution is 0.0607. The lowest BCUT2D eigenvalue weighted by atomic mass is 9.87. The third-order valence-electron chi connectivity index (χ3n) is 3.60. The summed E-state index contributed by atoms with van der Waals surface area (Å²) in [4.78, 5) is 24.6. The van der Waals surface area contributed by atoms with Crippen molar-refractivity contribution in [2.45, 2.75) is 33.1 Å². The summed E-state index contributed by atoms with van der Waals surface area (Å²) in [5.41, 5.74) is 3.12. The van der Waals surface area contributed by atoms with Gasteiger partial charge in [0.1, 0.15) is 4.88 Å². The van der Waals surface area contributed by atoms with Crippen molar-refractivity contribution in [3.8, 4) is 0 Å². The summed E-state index contributed by atoms with van der Waals surface area (Å²) < 4.78 is 4.75. The van der Waals surface area contributed by atoms with Gasteiger partial charge in [-0.1, -0.05) is 32.9 Å². The summed E-state index contributed by atoms with van der Waals surface area (Å²) in [6.07, 6.45) is 0. The van der Waals surface area contributed by atoms with Crippen LogP contribution in [0.2, 0.25) is 0 Å². The fourth-order valence-electron chi connectivity index (χ4n) is 2.15. The molecule has 0 spiro atoms. The summed E-state index contributed by atoms with van der Waals surface area (Å²) in [5.74, 6) is -0.682. The number of benzene rings is 1. The molecule has 1 aromatic carbocycles. The van der Waals surface area contributed by atoms with E-state index in [1.54, 1.807) is 12.1 Å². The van der Waals surface area contributed by atoms with E-state index < -0.39 is 5.97 Å². The molecule has 0 aliphatic rings. The predicted molar refractivity (Wildman–Crippen MR) is 93.5 cm³/mol. The number of aryl methyl sites for hydroxylation is 1. The minimum absolute atomic E-state index is 0.0387. The van der Waals surface area contributed by atoms with Crippen molar-refractivity contribution in [3.05, 3.63) is 51.2 Å². The average molecular weight is 331 g/mol. The number of esters is 1. The van der Waals surface area contributed by atoms with Crippen LogP contribution in [-0.4, -0.2) is 19.0 Å². The van der Waals surface area contributed by atoms with E-state index >= 15 is 0 Å². The van der Waals surface area contributed by atoms with E-state index in [9.17, 15) is 9.59 Å². The molecule has 0 aliphatic carbocycles. The molecule has 1 N–H and O–H groups in total. The standard InChI is InChI=1S/C18H21NO3S/c1-11-10-23-15(17(21)22-5)14(11)19-16(20)12-6-8-13(9-7-12)18(2,3)4/h6-10H,1-5H3,(H,19,20). The maximum absolute atomic E-state index is 12.4. The maximum atomic E-state index is 12.4. The van der Waals surface area contributed by atoms with Gasteiger partial charge in [0.15, 0.2) is 0 Å². The molecule has 5 heteroatoms. The molecule has 0 atom stereocenters. The van der Waals surface area contributed by atoms with Crippen LogP contribution in [0.1, 0.15) is 51.9 Å². The highest BCUT2D eigenvalue weighted by Gasteiger charge is 2.20. The predicted octanol–water partition coefficient (Wildman–Crippen LogP) is 4.39. The van der Waals surface area contributed by atoms with E-state index in [1.165, 1.54) is 18.4 Å². The molecular formula is C18H21NO3S. The minimum atomic E-state index is -0.443. The normalized spacial score (nSPS) is 11.2. The Morgan fingerprint density at radius 2 is 1.74 bits per heavy atom. The zero-order chi connectivity index (χ0) is 17.2.